The predicted molar refractivity (Wildman–Crippen MR) is 66.4 cm³/mol. The molecule has 1 aromatic rings. The molecule has 0 aliphatic carbocycles. The quantitative estimate of drug-likeness (QED) is 0.301. The molecule has 19 heavy (non-hydrogen) atoms. The third-order valence-corrected chi connectivity index (χ3v) is 2.18. The molecular weight excluding hydrogens is 254 g/mol. The van der Waals surface area contributed by atoms with Gasteiger partial charge in [-0.05, 0) is 12.5 Å². The highest BCUT2D eigenvalue weighted by molar-refractivity contribution is 6.39. The van der Waals surface area contributed by atoms with Crippen molar-refractivity contribution in [2.75, 3.05) is 18.5 Å². The molecule has 0 saturated carbocycles. The van der Waals surface area contributed by atoms with E-state index in [0.717, 1.165) is 0 Å². The fourth-order valence-electron chi connectivity index (χ4n) is 1.28. The highest BCUT2D eigenvalue weighted by Crippen LogP contribution is 2.22. The lowest BCUT2D eigenvalue weighted by Gasteiger charge is -2.06. The SMILES string of the molecule is O=C(NCCCO)C(=O)Nc1ccccc1[N+](=O)[O-]. The van der Waals surface area contributed by atoms with Gasteiger partial charge in [0.15, 0.2) is 0 Å². The maximum absolute atomic E-state index is 11.5. The van der Waals surface area contributed by atoms with Crippen molar-refractivity contribution >= 4 is 23.2 Å². The third-order valence-electron chi connectivity index (χ3n) is 2.18. The average molecular weight is 267 g/mol. The molecular formula is C11H13N3O5. The lowest BCUT2D eigenvalue weighted by Crippen LogP contribution is -2.36. The molecule has 0 fully saturated rings. The minimum atomic E-state index is -0.993. The number of hydrogen-bond acceptors (Lipinski definition) is 5. The van der Waals surface area contributed by atoms with Gasteiger partial charge in [0.05, 0.1) is 4.92 Å². The van der Waals surface area contributed by atoms with Gasteiger partial charge in [-0.1, -0.05) is 12.1 Å². The molecule has 0 atom stereocenters. The van der Waals surface area contributed by atoms with E-state index in [9.17, 15) is 19.7 Å². The number of hydrogen-bond donors (Lipinski definition) is 3. The van der Waals surface area contributed by atoms with E-state index in [-0.39, 0.29) is 24.5 Å². The molecule has 0 bridgehead atoms. The van der Waals surface area contributed by atoms with Crippen LogP contribution in [-0.4, -0.2) is 35.0 Å². The zero-order chi connectivity index (χ0) is 14.3. The Bertz CT molecular complexity index is 489. The van der Waals surface area contributed by atoms with Gasteiger partial charge in [0.25, 0.3) is 5.69 Å². The molecule has 0 unspecified atom stereocenters. The number of benzene rings is 1. The Balaban J connectivity index is 2.66. The molecule has 102 valence electrons. The molecule has 1 aromatic carbocycles. The Labute approximate surface area is 108 Å². The number of carbonyl (C=O) groups excluding carboxylic acids is 2. The first-order valence-corrected chi connectivity index (χ1v) is 5.49. The molecule has 2 amide bonds. The Morgan fingerprint density at radius 1 is 1.26 bits per heavy atom. The summed E-state index contributed by atoms with van der Waals surface area (Å²) in [4.78, 5) is 32.9. The predicted octanol–water partition coefficient (Wildman–Crippen LogP) is 0.0319. The van der Waals surface area contributed by atoms with Crippen molar-refractivity contribution in [2.45, 2.75) is 6.42 Å². The number of aliphatic hydroxyl groups excluding tert-OH is 1. The van der Waals surface area contributed by atoms with Gasteiger partial charge < -0.3 is 15.7 Å². The zero-order valence-corrected chi connectivity index (χ0v) is 9.96. The van der Waals surface area contributed by atoms with Crippen LogP contribution in [-0.2, 0) is 9.59 Å². The van der Waals surface area contributed by atoms with E-state index in [1.165, 1.54) is 24.3 Å². The van der Waals surface area contributed by atoms with Crippen molar-refractivity contribution in [1.82, 2.24) is 5.32 Å². The third kappa shape index (κ3) is 4.36. The first kappa shape index (κ1) is 14.6. The highest BCUT2D eigenvalue weighted by atomic mass is 16.6. The molecule has 0 spiro atoms. The summed E-state index contributed by atoms with van der Waals surface area (Å²) < 4.78 is 0. The topological polar surface area (TPSA) is 122 Å². The van der Waals surface area contributed by atoms with Gasteiger partial charge in [-0.25, -0.2) is 0 Å². The van der Waals surface area contributed by atoms with E-state index in [1.807, 2.05) is 0 Å². The van der Waals surface area contributed by atoms with Crippen molar-refractivity contribution in [1.29, 1.82) is 0 Å². The molecule has 0 radical (unpaired) electrons. The van der Waals surface area contributed by atoms with Crippen LogP contribution < -0.4 is 10.6 Å². The van der Waals surface area contributed by atoms with Crippen LogP contribution in [0.25, 0.3) is 0 Å². The summed E-state index contributed by atoms with van der Waals surface area (Å²) >= 11 is 0. The molecule has 0 heterocycles. The largest absolute Gasteiger partial charge is 0.396 e. The van der Waals surface area contributed by atoms with Gasteiger partial charge in [0, 0.05) is 19.2 Å². The van der Waals surface area contributed by atoms with Crippen LogP contribution in [0.1, 0.15) is 6.42 Å². The van der Waals surface area contributed by atoms with Gasteiger partial charge in [-0.3, -0.25) is 19.7 Å². The van der Waals surface area contributed by atoms with Crippen LogP contribution in [0.5, 0.6) is 0 Å². The van der Waals surface area contributed by atoms with Gasteiger partial charge in [0.1, 0.15) is 5.69 Å². The van der Waals surface area contributed by atoms with Crippen molar-refractivity contribution in [3.05, 3.63) is 34.4 Å². The summed E-state index contributed by atoms with van der Waals surface area (Å²) in [7, 11) is 0. The number of para-hydroxylation sites is 2. The Hall–Kier alpha value is -2.48. The Morgan fingerprint density at radius 2 is 1.95 bits per heavy atom. The van der Waals surface area contributed by atoms with E-state index in [4.69, 9.17) is 5.11 Å². The zero-order valence-electron chi connectivity index (χ0n) is 9.96. The number of nitrogens with zero attached hydrogens (tertiary/aromatic N) is 1. The number of nitrogens with one attached hydrogen (secondary N) is 2. The fourth-order valence-corrected chi connectivity index (χ4v) is 1.28. The smallest absolute Gasteiger partial charge is 0.313 e. The summed E-state index contributed by atoms with van der Waals surface area (Å²) in [6.45, 7) is 0.0473. The van der Waals surface area contributed by atoms with Crippen molar-refractivity contribution in [3.8, 4) is 0 Å². The molecule has 8 nitrogen and oxygen atoms in total. The average Bonchev–Trinajstić information content (AvgIpc) is 2.39. The summed E-state index contributed by atoms with van der Waals surface area (Å²) in [5.41, 5.74) is -0.339. The molecule has 3 N–H and O–H groups in total. The van der Waals surface area contributed by atoms with Gasteiger partial charge in [-0.2, -0.15) is 0 Å². The number of carbonyl (C=O) groups is 2. The van der Waals surface area contributed by atoms with Crippen molar-refractivity contribution < 1.29 is 19.6 Å². The van der Waals surface area contributed by atoms with E-state index in [1.54, 1.807) is 0 Å². The van der Waals surface area contributed by atoms with Gasteiger partial charge in [0.2, 0.25) is 0 Å². The number of nitro benzene ring substituents is 1. The number of rotatable bonds is 5. The summed E-state index contributed by atoms with van der Waals surface area (Å²) in [6.07, 6.45) is 0.324. The first-order chi connectivity index (χ1) is 9.06. The number of anilines is 1. The molecule has 0 saturated heterocycles. The number of amides is 2. The Morgan fingerprint density at radius 3 is 2.58 bits per heavy atom. The van der Waals surface area contributed by atoms with Crippen LogP contribution in [0.15, 0.2) is 24.3 Å². The standard InChI is InChI=1S/C11H13N3O5/c15-7-3-6-12-10(16)11(17)13-8-4-1-2-5-9(8)14(18)19/h1-2,4-5,15H,3,6-7H2,(H,12,16)(H,13,17). The van der Waals surface area contributed by atoms with Gasteiger partial charge >= 0.3 is 11.8 Å². The van der Waals surface area contributed by atoms with E-state index >= 15 is 0 Å². The summed E-state index contributed by atoms with van der Waals surface area (Å²) in [5, 5.41) is 23.7. The normalized spacial score (nSPS) is 9.74. The molecule has 0 aliphatic heterocycles. The minimum Gasteiger partial charge on any atom is -0.396 e. The van der Waals surface area contributed by atoms with Crippen LogP contribution in [0.4, 0.5) is 11.4 Å². The fraction of sp³-hybridized carbons (Fsp3) is 0.273. The molecule has 0 aliphatic rings. The lowest BCUT2D eigenvalue weighted by molar-refractivity contribution is -0.383. The van der Waals surface area contributed by atoms with Crippen molar-refractivity contribution in [2.24, 2.45) is 0 Å². The van der Waals surface area contributed by atoms with Gasteiger partial charge in [-0.15, -0.1) is 0 Å². The van der Waals surface area contributed by atoms with Crippen LogP contribution in [0.3, 0.4) is 0 Å². The lowest BCUT2D eigenvalue weighted by atomic mass is 10.2. The van der Waals surface area contributed by atoms with E-state index < -0.39 is 16.7 Å². The summed E-state index contributed by atoms with van der Waals surface area (Å²) in [5.74, 6) is -1.90. The second kappa shape index (κ2) is 7.07. The van der Waals surface area contributed by atoms with Crippen molar-refractivity contribution in [3.63, 3.8) is 0 Å². The maximum Gasteiger partial charge on any atom is 0.313 e. The maximum atomic E-state index is 11.5. The summed E-state index contributed by atoms with van der Waals surface area (Å²) in [6, 6.07) is 5.51. The second-order valence-corrected chi connectivity index (χ2v) is 3.56. The monoisotopic (exact) mass is 267 g/mol. The molecule has 1 rings (SSSR count). The second-order valence-electron chi connectivity index (χ2n) is 3.56. The van der Waals surface area contributed by atoms with Crippen LogP contribution in [0, 0.1) is 10.1 Å². The minimum absolute atomic E-state index is 0.0465. The number of aliphatic hydroxyl groups is 1. The van der Waals surface area contributed by atoms with E-state index in [2.05, 4.69) is 10.6 Å². The van der Waals surface area contributed by atoms with Crippen LogP contribution in [0.2, 0.25) is 0 Å². The number of nitro groups is 1. The van der Waals surface area contributed by atoms with E-state index in [0.29, 0.717) is 6.42 Å². The highest BCUT2D eigenvalue weighted by Gasteiger charge is 2.18. The molecule has 8 heteroatoms. The first-order valence-electron chi connectivity index (χ1n) is 5.49. The van der Waals surface area contributed by atoms with Crippen LogP contribution >= 0.6 is 0 Å². The Kier molecular flexibility index (Phi) is 5.42. The molecule has 0 aromatic heterocycles.